The molecule has 0 saturated carbocycles. The van der Waals surface area contributed by atoms with Gasteiger partial charge in [-0.25, -0.2) is 0 Å². The van der Waals surface area contributed by atoms with Gasteiger partial charge in [-0.05, 0) is 22.4 Å². The molecule has 1 atom stereocenters. The van der Waals surface area contributed by atoms with Crippen molar-refractivity contribution in [2.24, 2.45) is 0 Å². The van der Waals surface area contributed by atoms with E-state index < -0.39 is 11.6 Å². The average molecular weight is 251 g/mol. The largest absolute Gasteiger partial charge is 0.408 e. The lowest BCUT2D eigenvalue weighted by atomic mass is 10.1. The molecule has 1 aromatic carbocycles. The Hall–Kier alpha value is -0.740. The molecule has 0 saturated heterocycles. The molecule has 15 heavy (non-hydrogen) atoms. The normalized spacial score (nSPS) is 14.4. The molecule has 1 unspecified atom stereocenters. The van der Waals surface area contributed by atoms with E-state index in [9.17, 15) is 13.2 Å². The quantitative estimate of drug-likeness (QED) is 0.641. The van der Waals surface area contributed by atoms with Crippen LogP contribution in [0.1, 0.15) is 10.9 Å². The third kappa shape index (κ3) is 1.96. The summed E-state index contributed by atoms with van der Waals surface area (Å²) in [5, 5.41) is 0.129. The van der Waals surface area contributed by atoms with Gasteiger partial charge in [0.2, 0.25) is 0 Å². The minimum absolute atomic E-state index is 0.143. The Morgan fingerprint density at radius 1 is 1.20 bits per heavy atom. The molecule has 0 spiro atoms. The van der Waals surface area contributed by atoms with Gasteiger partial charge in [-0.1, -0.05) is 18.2 Å². The molecule has 2 aromatic rings. The highest BCUT2D eigenvalue weighted by Gasteiger charge is 2.40. The summed E-state index contributed by atoms with van der Waals surface area (Å²) >= 11 is 6.66. The van der Waals surface area contributed by atoms with Crippen LogP contribution in [-0.4, -0.2) is 6.18 Å². The van der Waals surface area contributed by atoms with Crippen LogP contribution < -0.4 is 0 Å². The van der Waals surface area contributed by atoms with Gasteiger partial charge in [-0.2, -0.15) is 13.2 Å². The summed E-state index contributed by atoms with van der Waals surface area (Å²) in [6.07, 6.45) is -4.40. The molecule has 2 rings (SSSR count). The predicted octanol–water partition coefficient (Wildman–Crippen LogP) is 4.74. The maximum atomic E-state index is 12.4. The second-order valence-electron chi connectivity index (χ2n) is 3.09. The van der Waals surface area contributed by atoms with Gasteiger partial charge in [0.05, 0.1) is 0 Å². The number of alkyl halides is 4. The van der Waals surface area contributed by atoms with E-state index in [0.29, 0.717) is 5.39 Å². The van der Waals surface area contributed by atoms with Gasteiger partial charge >= 0.3 is 6.18 Å². The number of benzene rings is 1. The molecule has 5 heteroatoms. The van der Waals surface area contributed by atoms with Crippen molar-refractivity contribution in [3.8, 4) is 0 Å². The SMILES string of the molecule is FC(F)(F)C(Cl)c1csc2ccccc12. The van der Waals surface area contributed by atoms with Crippen LogP contribution in [-0.2, 0) is 0 Å². The number of thiophene rings is 1. The van der Waals surface area contributed by atoms with Crippen molar-refractivity contribution in [1.29, 1.82) is 0 Å². The summed E-state index contributed by atoms with van der Waals surface area (Å²) < 4.78 is 38.1. The summed E-state index contributed by atoms with van der Waals surface area (Å²) in [6.45, 7) is 0. The van der Waals surface area contributed by atoms with Crippen molar-refractivity contribution in [2.75, 3.05) is 0 Å². The van der Waals surface area contributed by atoms with Crippen molar-refractivity contribution in [3.63, 3.8) is 0 Å². The van der Waals surface area contributed by atoms with E-state index in [1.54, 1.807) is 24.3 Å². The maximum absolute atomic E-state index is 12.4. The van der Waals surface area contributed by atoms with E-state index in [4.69, 9.17) is 11.6 Å². The van der Waals surface area contributed by atoms with Gasteiger partial charge in [-0.3, -0.25) is 0 Å². The predicted molar refractivity (Wildman–Crippen MR) is 56.5 cm³/mol. The zero-order chi connectivity index (χ0) is 11.1. The third-order valence-corrected chi connectivity index (χ3v) is 3.54. The van der Waals surface area contributed by atoms with E-state index in [-0.39, 0.29) is 5.56 Å². The fourth-order valence-electron chi connectivity index (χ4n) is 1.37. The first-order valence-electron chi connectivity index (χ1n) is 4.17. The third-order valence-electron chi connectivity index (χ3n) is 2.07. The van der Waals surface area contributed by atoms with Crippen molar-refractivity contribution < 1.29 is 13.2 Å². The number of rotatable bonds is 1. The number of fused-ring (bicyclic) bond motifs is 1. The fourth-order valence-corrected chi connectivity index (χ4v) is 2.61. The Morgan fingerprint density at radius 3 is 2.53 bits per heavy atom. The Labute approximate surface area is 93.3 Å². The topological polar surface area (TPSA) is 0 Å². The molecule has 0 N–H and O–H groups in total. The summed E-state index contributed by atoms with van der Waals surface area (Å²) in [4.78, 5) is 0. The Kier molecular flexibility index (Phi) is 2.64. The van der Waals surface area contributed by atoms with Crippen molar-refractivity contribution >= 4 is 33.0 Å². The van der Waals surface area contributed by atoms with Crippen LogP contribution in [0.15, 0.2) is 29.6 Å². The number of hydrogen-bond donors (Lipinski definition) is 0. The van der Waals surface area contributed by atoms with Crippen LogP contribution in [0, 0.1) is 0 Å². The van der Waals surface area contributed by atoms with Crippen LogP contribution in [0.25, 0.3) is 10.1 Å². The van der Waals surface area contributed by atoms with Crippen molar-refractivity contribution in [3.05, 3.63) is 35.2 Å². The van der Waals surface area contributed by atoms with Crippen LogP contribution in [0.5, 0.6) is 0 Å². The van der Waals surface area contributed by atoms with Gasteiger partial charge in [0.15, 0.2) is 5.38 Å². The molecule has 0 nitrogen and oxygen atoms in total. The molecule has 1 heterocycles. The van der Waals surface area contributed by atoms with Gasteiger partial charge in [0.25, 0.3) is 0 Å². The van der Waals surface area contributed by atoms with Crippen LogP contribution in [0.4, 0.5) is 13.2 Å². The van der Waals surface area contributed by atoms with Gasteiger partial charge in [-0.15, -0.1) is 22.9 Å². The molecule has 0 amide bonds. The molecular formula is C10H6ClF3S. The van der Waals surface area contributed by atoms with Crippen LogP contribution in [0.3, 0.4) is 0 Å². The smallest absolute Gasteiger partial charge is 0.169 e. The summed E-state index contributed by atoms with van der Waals surface area (Å²) in [5.41, 5.74) is 0.143. The van der Waals surface area contributed by atoms with Crippen molar-refractivity contribution in [1.82, 2.24) is 0 Å². The lowest BCUT2D eigenvalue weighted by Gasteiger charge is -2.12. The highest BCUT2D eigenvalue weighted by molar-refractivity contribution is 7.17. The molecule has 0 bridgehead atoms. The van der Waals surface area contributed by atoms with E-state index >= 15 is 0 Å². The first-order chi connectivity index (χ1) is 7.00. The molecule has 0 radical (unpaired) electrons. The zero-order valence-electron chi connectivity index (χ0n) is 7.38. The second kappa shape index (κ2) is 3.68. The molecule has 80 valence electrons. The molecule has 1 aromatic heterocycles. The number of hydrogen-bond acceptors (Lipinski definition) is 1. The van der Waals surface area contributed by atoms with E-state index in [1.807, 2.05) is 0 Å². The molecule has 0 aliphatic carbocycles. The highest BCUT2D eigenvalue weighted by atomic mass is 35.5. The lowest BCUT2D eigenvalue weighted by Crippen LogP contribution is -2.15. The van der Waals surface area contributed by atoms with E-state index in [2.05, 4.69) is 0 Å². The summed E-state index contributed by atoms with van der Waals surface area (Å²) in [6, 6.07) is 6.93. The molecule has 0 aliphatic rings. The molecule has 0 aliphatic heterocycles. The summed E-state index contributed by atoms with van der Waals surface area (Å²) in [5.74, 6) is 0. The maximum Gasteiger partial charge on any atom is 0.408 e. The van der Waals surface area contributed by atoms with Gasteiger partial charge in [0.1, 0.15) is 0 Å². The minimum atomic E-state index is -4.40. The average Bonchev–Trinajstić information content (AvgIpc) is 2.58. The van der Waals surface area contributed by atoms with E-state index in [0.717, 1.165) is 4.70 Å². The van der Waals surface area contributed by atoms with E-state index in [1.165, 1.54) is 16.7 Å². The van der Waals surface area contributed by atoms with Crippen LogP contribution in [0.2, 0.25) is 0 Å². The zero-order valence-corrected chi connectivity index (χ0v) is 8.96. The monoisotopic (exact) mass is 250 g/mol. The Morgan fingerprint density at radius 2 is 1.87 bits per heavy atom. The highest BCUT2D eigenvalue weighted by Crippen LogP contribution is 2.42. The lowest BCUT2D eigenvalue weighted by molar-refractivity contribution is -0.131. The first kappa shape index (κ1) is 10.8. The Balaban J connectivity index is 2.53. The summed E-state index contributed by atoms with van der Waals surface area (Å²) in [7, 11) is 0. The fraction of sp³-hybridized carbons (Fsp3) is 0.200. The molecular weight excluding hydrogens is 245 g/mol. The van der Waals surface area contributed by atoms with Gasteiger partial charge in [0, 0.05) is 4.70 Å². The van der Waals surface area contributed by atoms with Crippen LogP contribution >= 0.6 is 22.9 Å². The molecule has 0 fully saturated rings. The number of halogens is 4. The first-order valence-corrected chi connectivity index (χ1v) is 5.48. The second-order valence-corrected chi connectivity index (χ2v) is 4.44. The van der Waals surface area contributed by atoms with Crippen molar-refractivity contribution in [2.45, 2.75) is 11.6 Å². The Bertz CT molecular complexity index is 475. The standard InChI is InChI=1S/C10H6ClF3S/c11-9(10(12,13)14)7-5-15-8-4-2-1-3-6(7)8/h1-5,9H. The van der Waals surface area contributed by atoms with Gasteiger partial charge < -0.3 is 0 Å². The minimum Gasteiger partial charge on any atom is -0.169 e.